The second kappa shape index (κ2) is 5.19. The maximum atomic E-state index is 8.59. The van der Waals surface area contributed by atoms with Gasteiger partial charge in [0.25, 0.3) is 0 Å². The number of hydrogen-bond acceptors (Lipinski definition) is 3. The summed E-state index contributed by atoms with van der Waals surface area (Å²) in [5, 5.41) is 8.57. The summed E-state index contributed by atoms with van der Waals surface area (Å²) in [6, 6.07) is 9.89. The van der Waals surface area contributed by atoms with E-state index >= 15 is 0 Å². The van der Waals surface area contributed by atoms with Gasteiger partial charge in [0, 0.05) is 5.75 Å². The largest absolute Gasteiger partial charge is 0.396 e. The van der Waals surface area contributed by atoms with Crippen LogP contribution in [-0.2, 0) is 0 Å². The quantitative estimate of drug-likeness (QED) is 0.693. The molecule has 3 N–H and O–H groups in total. The van der Waals surface area contributed by atoms with E-state index in [0.717, 1.165) is 5.56 Å². The van der Waals surface area contributed by atoms with Gasteiger partial charge in [-0.2, -0.15) is 0 Å². The number of benzene rings is 1. The SMILES string of the molecule is NC(SCCO)c1ccccc1. The molecular weight excluding hydrogens is 170 g/mol. The Morgan fingerprint density at radius 1 is 1.33 bits per heavy atom. The maximum absolute atomic E-state index is 8.59. The Labute approximate surface area is 76.8 Å². The van der Waals surface area contributed by atoms with Crippen LogP contribution in [0.15, 0.2) is 30.3 Å². The van der Waals surface area contributed by atoms with Crippen LogP contribution in [0, 0.1) is 0 Å². The summed E-state index contributed by atoms with van der Waals surface area (Å²) in [5.41, 5.74) is 6.94. The van der Waals surface area contributed by atoms with Gasteiger partial charge in [-0.3, -0.25) is 0 Å². The molecule has 0 aliphatic heterocycles. The maximum Gasteiger partial charge on any atom is 0.0765 e. The van der Waals surface area contributed by atoms with Crippen molar-refractivity contribution in [3.8, 4) is 0 Å². The smallest absolute Gasteiger partial charge is 0.0765 e. The lowest BCUT2D eigenvalue weighted by Crippen LogP contribution is -2.07. The van der Waals surface area contributed by atoms with Gasteiger partial charge in [0.15, 0.2) is 0 Å². The van der Waals surface area contributed by atoms with Crippen molar-refractivity contribution in [3.63, 3.8) is 0 Å². The predicted octanol–water partition coefficient (Wildman–Crippen LogP) is 1.37. The minimum Gasteiger partial charge on any atom is -0.396 e. The van der Waals surface area contributed by atoms with Crippen LogP contribution in [0.3, 0.4) is 0 Å². The molecule has 1 aromatic rings. The van der Waals surface area contributed by atoms with Crippen LogP contribution < -0.4 is 5.73 Å². The van der Waals surface area contributed by atoms with Crippen molar-refractivity contribution in [2.75, 3.05) is 12.4 Å². The molecular formula is C9H13NOS. The first-order chi connectivity index (χ1) is 5.84. The molecule has 1 unspecified atom stereocenters. The van der Waals surface area contributed by atoms with Crippen LogP contribution in [-0.4, -0.2) is 17.5 Å². The summed E-state index contributed by atoms with van der Waals surface area (Å²) in [6.07, 6.45) is 0. The van der Waals surface area contributed by atoms with Gasteiger partial charge in [-0.25, -0.2) is 0 Å². The molecule has 0 spiro atoms. The Morgan fingerprint density at radius 3 is 2.58 bits per heavy atom. The molecule has 1 aromatic carbocycles. The number of hydrogen-bond donors (Lipinski definition) is 2. The van der Waals surface area contributed by atoms with Gasteiger partial charge >= 0.3 is 0 Å². The van der Waals surface area contributed by atoms with E-state index in [2.05, 4.69) is 0 Å². The normalized spacial score (nSPS) is 12.8. The van der Waals surface area contributed by atoms with Crippen molar-refractivity contribution in [3.05, 3.63) is 35.9 Å². The third-order valence-corrected chi connectivity index (χ3v) is 2.57. The van der Waals surface area contributed by atoms with Crippen molar-refractivity contribution in [1.82, 2.24) is 0 Å². The lowest BCUT2D eigenvalue weighted by Gasteiger charge is -2.09. The predicted molar refractivity (Wildman–Crippen MR) is 52.9 cm³/mol. The van der Waals surface area contributed by atoms with E-state index in [0.29, 0.717) is 5.75 Å². The zero-order valence-corrected chi connectivity index (χ0v) is 7.63. The first-order valence-electron chi connectivity index (χ1n) is 3.87. The molecule has 0 saturated heterocycles. The molecule has 0 aromatic heterocycles. The summed E-state index contributed by atoms with van der Waals surface area (Å²) < 4.78 is 0. The fourth-order valence-electron chi connectivity index (χ4n) is 0.919. The van der Waals surface area contributed by atoms with Crippen molar-refractivity contribution in [2.45, 2.75) is 5.37 Å². The standard InChI is InChI=1S/C9H13NOS/c10-9(12-7-6-11)8-4-2-1-3-5-8/h1-5,9,11H,6-7,10H2. The molecule has 0 aliphatic carbocycles. The van der Waals surface area contributed by atoms with E-state index in [4.69, 9.17) is 10.8 Å². The molecule has 0 radical (unpaired) electrons. The third kappa shape index (κ3) is 2.85. The highest BCUT2D eigenvalue weighted by atomic mass is 32.2. The van der Waals surface area contributed by atoms with Gasteiger partial charge in [-0.05, 0) is 5.56 Å². The van der Waals surface area contributed by atoms with Crippen LogP contribution in [0.4, 0.5) is 0 Å². The van der Waals surface area contributed by atoms with Gasteiger partial charge in [0.2, 0.25) is 0 Å². The summed E-state index contributed by atoms with van der Waals surface area (Å²) in [7, 11) is 0. The molecule has 0 fully saturated rings. The van der Waals surface area contributed by atoms with E-state index in [1.165, 1.54) is 0 Å². The van der Waals surface area contributed by atoms with Gasteiger partial charge < -0.3 is 10.8 Å². The average molecular weight is 183 g/mol. The molecule has 0 amide bonds. The van der Waals surface area contributed by atoms with Crippen LogP contribution >= 0.6 is 11.8 Å². The first kappa shape index (κ1) is 9.58. The molecule has 0 aliphatic rings. The van der Waals surface area contributed by atoms with Gasteiger partial charge in [-0.15, -0.1) is 11.8 Å². The van der Waals surface area contributed by atoms with E-state index in [-0.39, 0.29) is 12.0 Å². The monoisotopic (exact) mass is 183 g/mol. The minimum atomic E-state index is -0.0154. The van der Waals surface area contributed by atoms with Gasteiger partial charge in [0.05, 0.1) is 12.0 Å². The van der Waals surface area contributed by atoms with Gasteiger partial charge in [0.1, 0.15) is 0 Å². The fourth-order valence-corrected chi connectivity index (χ4v) is 1.63. The molecule has 2 nitrogen and oxygen atoms in total. The molecule has 66 valence electrons. The molecule has 0 saturated carbocycles. The summed E-state index contributed by atoms with van der Waals surface area (Å²) in [6.45, 7) is 0.186. The molecule has 0 bridgehead atoms. The summed E-state index contributed by atoms with van der Waals surface area (Å²) >= 11 is 1.56. The van der Waals surface area contributed by atoms with Crippen LogP contribution in [0.1, 0.15) is 10.9 Å². The third-order valence-electron chi connectivity index (χ3n) is 1.52. The number of aliphatic hydroxyl groups excluding tert-OH is 1. The number of nitrogens with two attached hydrogens (primary N) is 1. The topological polar surface area (TPSA) is 46.2 Å². The van der Waals surface area contributed by atoms with Gasteiger partial charge in [-0.1, -0.05) is 30.3 Å². The summed E-state index contributed by atoms with van der Waals surface area (Å²) in [4.78, 5) is 0. The Bertz CT molecular complexity index is 215. The highest BCUT2D eigenvalue weighted by molar-refractivity contribution is 7.99. The second-order valence-corrected chi connectivity index (χ2v) is 3.68. The highest BCUT2D eigenvalue weighted by Crippen LogP contribution is 2.21. The van der Waals surface area contributed by atoms with E-state index in [9.17, 15) is 0 Å². The van der Waals surface area contributed by atoms with Crippen molar-refractivity contribution >= 4 is 11.8 Å². The average Bonchev–Trinajstić information content (AvgIpc) is 2.15. The Kier molecular flexibility index (Phi) is 4.14. The molecule has 1 rings (SSSR count). The molecule has 3 heteroatoms. The number of aliphatic hydroxyl groups is 1. The Balaban J connectivity index is 2.48. The second-order valence-electron chi connectivity index (χ2n) is 2.43. The highest BCUT2D eigenvalue weighted by Gasteiger charge is 2.03. The van der Waals surface area contributed by atoms with E-state index in [1.807, 2.05) is 30.3 Å². The van der Waals surface area contributed by atoms with Crippen molar-refractivity contribution < 1.29 is 5.11 Å². The van der Waals surface area contributed by atoms with Crippen LogP contribution in [0.2, 0.25) is 0 Å². The Morgan fingerprint density at radius 2 is 2.00 bits per heavy atom. The van der Waals surface area contributed by atoms with Crippen LogP contribution in [0.25, 0.3) is 0 Å². The minimum absolute atomic E-state index is 0.0154. The first-order valence-corrected chi connectivity index (χ1v) is 4.92. The lowest BCUT2D eigenvalue weighted by atomic mass is 10.2. The molecule has 12 heavy (non-hydrogen) atoms. The summed E-state index contributed by atoms with van der Waals surface area (Å²) in [5.74, 6) is 0.691. The van der Waals surface area contributed by atoms with E-state index in [1.54, 1.807) is 11.8 Å². The molecule has 0 heterocycles. The lowest BCUT2D eigenvalue weighted by molar-refractivity contribution is 0.322. The molecule has 1 atom stereocenters. The Hall–Kier alpha value is -0.510. The number of thioether (sulfide) groups is 1. The number of rotatable bonds is 4. The zero-order chi connectivity index (χ0) is 8.81. The zero-order valence-electron chi connectivity index (χ0n) is 6.81. The van der Waals surface area contributed by atoms with Crippen molar-refractivity contribution in [2.24, 2.45) is 5.73 Å². The van der Waals surface area contributed by atoms with E-state index < -0.39 is 0 Å². The van der Waals surface area contributed by atoms with Crippen molar-refractivity contribution in [1.29, 1.82) is 0 Å². The fraction of sp³-hybridized carbons (Fsp3) is 0.333. The van der Waals surface area contributed by atoms with Crippen LogP contribution in [0.5, 0.6) is 0 Å².